The average molecular weight is 406 g/mol. The van der Waals surface area contributed by atoms with E-state index in [1.165, 1.54) is 29.4 Å². The van der Waals surface area contributed by atoms with Crippen LogP contribution in [0.2, 0.25) is 0 Å². The van der Waals surface area contributed by atoms with E-state index in [2.05, 4.69) is 4.98 Å². The number of aryl methyl sites for hydroxylation is 1. The summed E-state index contributed by atoms with van der Waals surface area (Å²) in [6.07, 6.45) is 4.51. The molecule has 1 aliphatic carbocycles. The Morgan fingerprint density at radius 3 is 2.34 bits per heavy atom. The van der Waals surface area contributed by atoms with Crippen LogP contribution in [0.3, 0.4) is 0 Å². The Morgan fingerprint density at radius 2 is 1.93 bits per heavy atom. The average Bonchev–Trinajstić information content (AvgIpc) is 3.36. The molecule has 0 spiro atoms. The number of rotatable bonds is 6. The molecule has 29 heavy (non-hydrogen) atoms. The maximum absolute atomic E-state index is 13.2. The number of imidazole rings is 1. The molecule has 1 atom stereocenters. The van der Waals surface area contributed by atoms with E-state index in [0.717, 1.165) is 4.90 Å². The molecule has 2 aliphatic rings. The summed E-state index contributed by atoms with van der Waals surface area (Å²) in [5.74, 6) is -1.71. The van der Waals surface area contributed by atoms with Crippen molar-refractivity contribution in [3.63, 3.8) is 0 Å². The largest absolute Gasteiger partial charge is 0.340 e. The van der Waals surface area contributed by atoms with Crippen molar-refractivity contribution < 1.29 is 24.4 Å². The Labute approximate surface area is 168 Å². The van der Waals surface area contributed by atoms with Gasteiger partial charge in [0.05, 0.1) is 24.0 Å². The van der Waals surface area contributed by atoms with E-state index in [-0.39, 0.29) is 12.5 Å². The van der Waals surface area contributed by atoms with Gasteiger partial charge in [-0.2, -0.15) is 0 Å². The number of carbonyl (C=O) groups excluding carboxylic acids is 4. The molecule has 11 nitrogen and oxygen atoms in total. The molecule has 5 amide bonds. The number of amides is 5. The van der Waals surface area contributed by atoms with Crippen LogP contribution in [-0.4, -0.2) is 85.4 Å². The first-order chi connectivity index (χ1) is 13.5. The predicted octanol–water partition coefficient (Wildman–Crippen LogP) is -0.543. The van der Waals surface area contributed by atoms with Gasteiger partial charge in [0.25, 0.3) is 11.8 Å². The quantitative estimate of drug-likeness (QED) is 0.371. The fourth-order valence-corrected chi connectivity index (χ4v) is 3.61. The molecule has 1 saturated heterocycles. The lowest BCUT2D eigenvalue weighted by atomic mass is 10.00. The van der Waals surface area contributed by atoms with Gasteiger partial charge in [0.15, 0.2) is 0 Å². The number of hydrogen-bond donors (Lipinski definition) is 2. The molecule has 1 aliphatic heterocycles. The van der Waals surface area contributed by atoms with Gasteiger partial charge in [0.1, 0.15) is 11.6 Å². The number of aromatic nitrogens is 2. The standard InChI is InChI=1S/C18H26N6O5/c1-17(2)14(26)24(16(28)23(17)5)8-11(13(25)20-29)22(4)15(27)18(6-7-18)12-9-21(3)10-19-12/h9-11,29H,6-8H2,1-5H3,(H,20,25)/t11-/m1/s1. The lowest BCUT2D eigenvalue weighted by Gasteiger charge is -2.31. The van der Waals surface area contributed by atoms with Crippen LogP contribution < -0.4 is 5.48 Å². The van der Waals surface area contributed by atoms with Crippen LogP contribution in [0.15, 0.2) is 12.5 Å². The molecule has 1 aromatic heterocycles. The highest BCUT2D eigenvalue weighted by Gasteiger charge is 2.56. The van der Waals surface area contributed by atoms with Gasteiger partial charge >= 0.3 is 6.03 Å². The van der Waals surface area contributed by atoms with Crippen LogP contribution in [-0.2, 0) is 26.8 Å². The van der Waals surface area contributed by atoms with Crippen molar-refractivity contribution in [3.8, 4) is 0 Å². The Bertz CT molecular complexity index is 874. The lowest BCUT2D eigenvalue weighted by Crippen LogP contribution is -2.56. The minimum atomic E-state index is -1.25. The smallest absolute Gasteiger partial charge is 0.327 e. The van der Waals surface area contributed by atoms with Crippen LogP contribution in [0, 0.1) is 0 Å². The van der Waals surface area contributed by atoms with E-state index < -0.39 is 34.8 Å². The van der Waals surface area contributed by atoms with Gasteiger partial charge in [-0.25, -0.2) is 15.3 Å². The second kappa shape index (κ2) is 6.83. The number of nitrogens with one attached hydrogen (secondary N) is 1. The number of likely N-dealkylation sites (N-methyl/N-ethyl adjacent to an activating group) is 2. The van der Waals surface area contributed by atoms with E-state index in [0.29, 0.717) is 18.5 Å². The topological polar surface area (TPSA) is 128 Å². The Morgan fingerprint density at radius 1 is 1.31 bits per heavy atom. The van der Waals surface area contributed by atoms with Crippen molar-refractivity contribution in [1.29, 1.82) is 0 Å². The number of urea groups is 1. The van der Waals surface area contributed by atoms with Crippen LogP contribution in [0.4, 0.5) is 4.79 Å². The van der Waals surface area contributed by atoms with Crippen molar-refractivity contribution in [1.82, 2.24) is 29.7 Å². The number of hydroxylamine groups is 1. The third-order valence-electron chi connectivity index (χ3n) is 6.04. The first-order valence-electron chi connectivity index (χ1n) is 9.27. The van der Waals surface area contributed by atoms with Crippen molar-refractivity contribution in [2.75, 3.05) is 20.6 Å². The van der Waals surface area contributed by atoms with Crippen molar-refractivity contribution >= 4 is 23.8 Å². The van der Waals surface area contributed by atoms with Gasteiger partial charge in [-0.05, 0) is 26.7 Å². The van der Waals surface area contributed by atoms with E-state index in [1.807, 2.05) is 0 Å². The molecule has 0 bridgehead atoms. The monoisotopic (exact) mass is 406 g/mol. The molecule has 158 valence electrons. The minimum absolute atomic E-state index is 0.350. The number of imide groups is 1. The Balaban J connectivity index is 1.86. The summed E-state index contributed by atoms with van der Waals surface area (Å²) in [5.41, 5.74) is 0.244. The molecule has 0 aromatic carbocycles. The molecule has 3 rings (SSSR count). The molecule has 0 unspecified atom stereocenters. The molecule has 2 N–H and O–H groups in total. The number of carbonyl (C=O) groups is 4. The molecular formula is C18H26N6O5. The molecule has 11 heteroatoms. The summed E-state index contributed by atoms with van der Waals surface area (Å²) in [5, 5.41) is 9.18. The predicted molar refractivity (Wildman–Crippen MR) is 99.6 cm³/mol. The fourth-order valence-electron chi connectivity index (χ4n) is 3.61. The van der Waals surface area contributed by atoms with Crippen LogP contribution in [0.1, 0.15) is 32.4 Å². The molecule has 2 fully saturated rings. The summed E-state index contributed by atoms with van der Waals surface area (Å²) in [4.78, 5) is 58.5. The lowest BCUT2D eigenvalue weighted by molar-refractivity contribution is -0.146. The maximum atomic E-state index is 13.2. The molecule has 1 aromatic rings. The highest BCUT2D eigenvalue weighted by atomic mass is 16.5. The summed E-state index contributed by atoms with van der Waals surface area (Å²) >= 11 is 0. The summed E-state index contributed by atoms with van der Waals surface area (Å²) in [6.45, 7) is 2.84. The molecule has 1 saturated carbocycles. The molecule has 2 heterocycles. The van der Waals surface area contributed by atoms with E-state index in [4.69, 9.17) is 0 Å². The molecule has 0 radical (unpaired) electrons. The van der Waals surface area contributed by atoms with Gasteiger partial charge in [-0.1, -0.05) is 0 Å². The summed E-state index contributed by atoms with van der Waals surface area (Å²) in [7, 11) is 4.72. The summed E-state index contributed by atoms with van der Waals surface area (Å²) in [6, 6.07) is -1.81. The zero-order valence-electron chi connectivity index (χ0n) is 17.2. The maximum Gasteiger partial charge on any atom is 0.327 e. The zero-order chi connectivity index (χ0) is 21.7. The fraction of sp³-hybridized carbons (Fsp3) is 0.611. The second-order valence-electron chi connectivity index (χ2n) is 8.23. The second-order valence-corrected chi connectivity index (χ2v) is 8.23. The van der Waals surface area contributed by atoms with Crippen molar-refractivity contribution in [2.24, 2.45) is 7.05 Å². The van der Waals surface area contributed by atoms with Gasteiger partial charge in [-0.3, -0.25) is 24.5 Å². The van der Waals surface area contributed by atoms with Gasteiger partial charge < -0.3 is 14.4 Å². The van der Waals surface area contributed by atoms with Gasteiger partial charge in [-0.15, -0.1) is 0 Å². The zero-order valence-corrected chi connectivity index (χ0v) is 17.2. The van der Waals surface area contributed by atoms with E-state index in [9.17, 15) is 24.4 Å². The third kappa shape index (κ3) is 3.15. The van der Waals surface area contributed by atoms with Crippen LogP contribution in [0.5, 0.6) is 0 Å². The summed E-state index contributed by atoms with van der Waals surface area (Å²) < 4.78 is 1.74. The van der Waals surface area contributed by atoms with E-state index in [1.54, 1.807) is 38.0 Å². The number of hydrogen-bond acceptors (Lipinski definition) is 6. The highest BCUT2D eigenvalue weighted by molar-refractivity contribution is 6.07. The Kier molecular flexibility index (Phi) is 4.89. The first kappa shape index (κ1) is 20.8. The SMILES string of the molecule is CN(C(=O)C1(c2cn(C)cn2)CC1)[C@H](CN1C(=O)N(C)C(C)(C)C1=O)C(=O)NO. The van der Waals surface area contributed by atoms with Gasteiger partial charge in [0.2, 0.25) is 5.91 Å². The van der Waals surface area contributed by atoms with Crippen LogP contribution in [0.25, 0.3) is 0 Å². The first-order valence-corrected chi connectivity index (χ1v) is 9.27. The van der Waals surface area contributed by atoms with E-state index >= 15 is 0 Å². The third-order valence-corrected chi connectivity index (χ3v) is 6.04. The van der Waals surface area contributed by atoms with Gasteiger partial charge in [0, 0.05) is 27.3 Å². The highest BCUT2D eigenvalue weighted by Crippen LogP contribution is 2.49. The van der Waals surface area contributed by atoms with Crippen molar-refractivity contribution in [3.05, 3.63) is 18.2 Å². The van der Waals surface area contributed by atoms with Crippen molar-refractivity contribution in [2.45, 2.75) is 43.7 Å². The number of nitrogens with zero attached hydrogens (tertiary/aromatic N) is 5. The van der Waals surface area contributed by atoms with Crippen LogP contribution >= 0.6 is 0 Å². The molecular weight excluding hydrogens is 380 g/mol. The normalized spacial score (nSPS) is 20.6. The Hall–Kier alpha value is -2.95. The minimum Gasteiger partial charge on any atom is -0.340 e.